The minimum atomic E-state index is 0.167. The molecule has 4 heteroatoms. The molecular weight excluding hydrogens is 255 g/mol. The van der Waals surface area contributed by atoms with Gasteiger partial charge in [0.2, 0.25) is 0 Å². The van der Waals surface area contributed by atoms with Gasteiger partial charge in [-0.25, -0.2) is 0 Å². The van der Waals surface area contributed by atoms with E-state index in [1.807, 2.05) is 12.1 Å². The van der Waals surface area contributed by atoms with Crippen LogP contribution in [0.25, 0.3) is 0 Å². The quantitative estimate of drug-likeness (QED) is 0.913. The molecule has 0 amide bonds. The summed E-state index contributed by atoms with van der Waals surface area (Å²) in [5.74, 6) is 0. The fourth-order valence-electron chi connectivity index (χ4n) is 2.59. The lowest BCUT2D eigenvalue weighted by Crippen LogP contribution is -2.32. The highest BCUT2D eigenvalue weighted by Gasteiger charge is 2.33. The summed E-state index contributed by atoms with van der Waals surface area (Å²) in [5.41, 5.74) is 7.31. The van der Waals surface area contributed by atoms with Crippen LogP contribution in [-0.2, 0) is 0 Å². The maximum atomic E-state index is 6.27. The van der Waals surface area contributed by atoms with Crippen molar-refractivity contribution in [2.24, 2.45) is 5.73 Å². The van der Waals surface area contributed by atoms with E-state index in [1.165, 1.54) is 0 Å². The Bertz CT molecular complexity index is 393. The number of benzene rings is 1. The Balaban J connectivity index is 2.29. The molecule has 94 valence electrons. The van der Waals surface area contributed by atoms with Gasteiger partial charge in [-0.1, -0.05) is 36.2 Å². The molecule has 1 aromatic carbocycles. The van der Waals surface area contributed by atoms with Crippen molar-refractivity contribution in [3.63, 3.8) is 0 Å². The van der Waals surface area contributed by atoms with Crippen LogP contribution >= 0.6 is 23.2 Å². The highest BCUT2D eigenvalue weighted by atomic mass is 35.5. The van der Waals surface area contributed by atoms with Gasteiger partial charge in [0, 0.05) is 22.6 Å². The van der Waals surface area contributed by atoms with Crippen LogP contribution in [0.4, 0.5) is 0 Å². The Morgan fingerprint density at radius 3 is 2.82 bits per heavy atom. The predicted molar refractivity (Wildman–Crippen MR) is 73.7 cm³/mol. The Kier molecular flexibility index (Phi) is 4.31. The van der Waals surface area contributed by atoms with Crippen LogP contribution < -0.4 is 5.73 Å². The summed E-state index contributed by atoms with van der Waals surface area (Å²) in [4.78, 5) is 2.42. The molecule has 0 saturated carbocycles. The smallest absolute Gasteiger partial charge is 0.0514 e. The first kappa shape index (κ1) is 13.2. The molecule has 0 spiro atoms. The molecule has 1 fully saturated rings. The van der Waals surface area contributed by atoms with Crippen molar-refractivity contribution < 1.29 is 0 Å². The average molecular weight is 273 g/mol. The van der Waals surface area contributed by atoms with Gasteiger partial charge in [0.05, 0.1) is 6.04 Å². The zero-order chi connectivity index (χ0) is 12.4. The van der Waals surface area contributed by atoms with Crippen LogP contribution in [0.1, 0.15) is 31.4 Å². The molecule has 2 N–H and O–H groups in total. The zero-order valence-corrected chi connectivity index (χ0v) is 11.5. The van der Waals surface area contributed by atoms with E-state index in [0.29, 0.717) is 5.02 Å². The van der Waals surface area contributed by atoms with E-state index in [9.17, 15) is 0 Å². The topological polar surface area (TPSA) is 29.3 Å². The minimum Gasteiger partial charge on any atom is -0.326 e. The first-order valence-corrected chi connectivity index (χ1v) is 6.83. The first-order chi connectivity index (χ1) is 8.13. The van der Waals surface area contributed by atoms with Gasteiger partial charge in [0.1, 0.15) is 0 Å². The third kappa shape index (κ3) is 2.76. The van der Waals surface area contributed by atoms with Gasteiger partial charge in [-0.3, -0.25) is 4.90 Å². The van der Waals surface area contributed by atoms with E-state index >= 15 is 0 Å². The molecule has 1 saturated heterocycles. The number of nitrogens with two attached hydrogens (primary N) is 1. The van der Waals surface area contributed by atoms with Gasteiger partial charge in [-0.05, 0) is 37.1 Å². The Hall–Kier alpha value is -0.280. The summed E-state index contributed by atoms with van der Waals surface area (Å²) in [5, 5.41) is 1.40. The summed E-state index contributed by atoms with van der Waals surface area (Å²) in [7, 11) is 0. The summed E-state index contributed by atoms with van der Waals surface area (Å²) >= 11 is 12.2. The average Bonchev–Trinajstić information content (AvgIpc) is 2.62. The van der Waals surface area contributed by atoms with Crippen LogP contribution in [0.3, 0.4) is 0 Å². The molecule has 0 aliphatic carbocycles. The number of rotatable bonds is 3. The lowest BCUT2D eigenvalue weighted by Gasteiger charge is -2.27. The molecule has 1 aliphatic rings. The van der Waals surface area contributed by atoms with E-state index in [2.05, 4.69) is 11.8 Å². The molecule has 2 unspecified atom stereocenters. The third-order valence-corrected chi connectivity index (χ3v) is 3.90. The summed E-state index contributed by atoms with van der Waals surface area (Å²) in [6.45, 7) is 4.31. The van der Waals surface area contributed by atoms with E-state index in [-0.39, 0.29) is 12.1 Å². The number of hydrogen-bond donors (Lipinski definition) is 1. The van der Waals surface area contributed by atoms with Crippen molar-refractivity contribution in [1.29, 1.82) is 0 Å². The van der Waals surface area contributed by atoms with Crippen molar-refractivity contribution in [3.05, 3.63) is 33.8 Å². The summed E-state index contributed by atoms with van der Waals surface area (Å²) in [6.07, 6.45) is 2.16. The molecule has 2 nitrogen and oxygen atoms in total. The maximum Gasteiger partial charge on any atom is 0.0514 e. The van der Waals surface area contributed by atoms with E-state index < -0.39 is 0 Å². The van der Waals surface area contributed by atoms with Crippen molar-refractivity contribution in [2.75, 3.05) is 13.1 Å². The molecule has 1 heterocycles. The van der Waals surface area contributed by atoms with Crippen molar-refractivity contribution in [2.45, 2.75) is 31.8 Å². The maximum absolute atomic E-state index is 6.27. The van der Waals surface area contributed by atoms with Gasteiger partial charge in [-0.2, -0.15) is 0 Å². The van der Waals surface area contributed by atoms with Crippen molar-refractivity contribution in [1.82, 2.24) is 4.90 Å². The van der Waals surface area contributed by atoms with E-state index in [1.54, 1.807) is 6.07 Å². The second kappa shape index (κ2) is 5.57. The molecular formula is C13H18Cl2N2. The monoisotopic (exact) mass is 272 g/mol. The van der Waals surface area contributed by atoms with Crippen LogP contribution in [0.15, 0.2) is 18.2 Å². The summed E-state index contributed by atoms with van der Waals surface area (Å²) in [6, 6.07) is 6.09. The highest BCUT2D eigenvalue weighted by molar-refractivity contribution is 6.35. The molecule has 2 rings (SSSR count). The third-order valence-electron chi connectivity index (χ3n) is 3.34. The second-order valence-corrected chi connectivity index (χ2v) is 5.44. The van der Waals surface area contributed by atoms with Gasteiger partial charge < -0.3 is 5.73 Å². The largest absolute Gasteiger partial charge is 0.326 e. The van der Waals surface area contributed by atoms with Crippen LogP contribution in [0.2, 0.25) is 10.0 Å². The van der Waals surface area contributed by atoms with E-state index in [0.717, 1.165) is 36.5 Å². The van der Waals surface area contributed by atoms with Crippen molar-refractivity contribution in [3.8, 4) is 0 Å². The SMILES string of the molecule is CCCN1CCC(N)C1c1ccc(Cl)cc1Cl. The molecule has 2 atom stereocenters. The fraction of sp³-hybridized carbons (Fsp3) is 0.538. The Morgan fingerprint density at radius 2 is 2.18 bits per heavy atom. The van der Waals surface area contributed by atoms with Gasteiger partial charge in [0.15, 0.2) is 0 Å². The lowest BCUT2D eigenvalue weighted by atomic mass is 10.0. The normalized spacial score (nSPS) is 25.4. The van der Waals surface area contributed by atoms with Gasteiger partial charge in [0.25, 0.3) is 0 Å². The Labute approximate surface area is 113 Å². The number of nitrogens with zero attached hydrogens (tertiary/aromatic N) is 1. The zero-order valence-electron chi connectivity index (χ0n) is 10.00. The van der Waals surface area contributed by atoms with Crippen molar-refractivity contribution >= 4 is 23.2 Å². The molecule has 1 aliphatic heterocycles. The first-order valence-electron chi connectivity index (χ1n) is 6.08. The van der Waals surface area contributed by atoms with Crippen LogP contribution in [-0.4, -0.2) is 24.0 Å². The van der Waals surface area contributed by atoms with Gasteiger partial charge in [-0.15, -0.1) is 0 Å². The number of likely N-dealkylation sites (tertiary alicyclic amines) is 1. The fourth-order valence-corrected chi connectivity index (χ4v) is 3.11. The van der Waals surface area contributed by atoms with Gasteiger partial charge >= 0.3 is 0 Å². The molecule has 0 aromatic heterocycles. The molecule has 17 heavy (non-hydrogen) atoms. The highest BCUT2D eigenvalue weighted by Crippen LogP contribution is 2.36. The lowest BCUT2D eigenvalue weighted by molar-refractivity contribution is 0.248. The molecule has 0 radical (unpaired) electrons. The number of hydrogen-bond acceptors (Lipinski definition) is 2. The molecule has 1 aromatic rings. The molecule has 0 bridgehead atoms. The Morgan fingerprint density at radius 1 is 1.41 bits per heavy atom. The second-order valence-electron chi connectivity index (χ2n) is 4.60. The number of halogens is 2. The van der Waals surface area contributed by atoms with E-state index in [4.69, 9.17) is 28.9 Å². The minimum absolute atomic E-state index is 0.167. The van der Waals surface area contributed by atoms with Crippen LogP contribution in [0.5, 0.6) is 0 Å². The predicted octanol–water partition coefficient (Wildman–Crippen LogP) is 3.48. The summed E-state index contributed by atoms with van der Waals surface area (Å²) < 4.78 is 0. The van der Waals surface area contributed by atoms with Crippen LogP contribution in [0, 0.1) is 0 Å². The standard InChI is InChI=1S/C13H18Cl2N2/c1-2-6-17-7-5-12(16)13(17)10-4-3-9(14)8-11(10)15/h3-4,8,12-13H,2,5-7,16H2,1H3.